The van der Waals surface area contributed by atoms with Gasteiger partial charge in [-0.05, 0) is 23.1 Å². The third-order valence-electron chi connectivity index (χ3n) is 8.50. The number of anilines is 5. The van der Waals surface area contributed by atoms with E-state index < -0.39 is 20.9 Å². The van der Waals surface area contributed by atoms with Crippen molar-refractivity contribution in [1.29, 1.82) is 0 Å². The molecule has 0 bridgehead atoms. The number of fused-ring (bicyclic) bond motifs is 2. The second-order valence-electron chi connectivity index (χ2n) is 14.0. The Balaban J connectivity index is 1.15. The molecule has 0 radical (unpaired) electrons. The van der Waals surface area contributed by atoms with Crippen molar-refractivity contribution in [3.05, 3.63) is 133 Å². The molecule has 0 spiro atoms. The van der Waals surface area contributed by atoms with Crippen LogP contribution in [0.1, 0.15) is 52.7 Å². The van der Waals surface area contributed by atoms with Gasteiger partial charge in [-0.3, -0.25) is 0 Å². The molecule has 0 aliphatic carbocycles. The van der Waals surface area contributed by atoms with Crippen LogP contribution in [0.4, 0.5) is 28.6 Å². The molecule has 0 atom stereocenters. The van der Waals surface area contributed by atoms with Gasteiger partial charge in [0.2, 0.25) is 0 Å². The van der Waals surface area contributed by atoms with Crippen LogP contribution < -0.4 is 26.7 Å². The van der Waals surface area contributed by atoms with Crippen molar-refractivity contribution in [1.82, 2.24) is 4.98 Å². The normalized spacial score (nSPS) is 14.3. The minimum absolute atomic E-state index is 0.0258. The second-order valence-corrected chi connectivity index (χ2v) is 17.1. The standard InChI is InChI=1S/C40H40N4OTe/c1-39(2,3)28-11-9-12-30(23-28)42-21-22-43(27-42)31-13-10-14-32(25-31)45-33-17-18-37-35(26-33)44(34-15-7-8-16-36(34)46-37)38-24-29(19-20-41-38)40(4,5)6/h7-26H,27H2,1-6H3. The first-order valence-corrected chi connectivity index (χ1v) is 18.1. The fourth-order valence-corrected chi connectivity index (χ4v) is 8.78. The Morgan fingerprint density at radius 1 is 0.609 bits per heavy atom. The maximum Gasteiger partial charge on any atom is -0.0346 e. The van der Waals surface area contributed by atoms with E-state index in [1.807, 2.05) is 12.3 Å². The van der Waals surface area contributed by atoms with Gasteiger partial charge in [0.25, 0.3) is 0 Å². The van der Waals surface area contributed by atoms with Crippen molar-refractivity contribution < 1.29 is 4.74 Å². The molecule has 5 aromatic rings. The van der Waals surface area contributed by atoms with Crippen LogP contribution in [-0.2, 0) is 10.8 Å². The van der Waals surface area contributed by atoms with Crippen LogP contribution >= 0.6 is 0 Å². The van der Waals surface area contributed by atoms with Gasteiger partial charge >= 0.3 is 229 Å². The number of hydrogen-bond acceptors (Lipinski definition) is 5. The van der Waals surface area contributed by atoms with Crippen LogP contribution in [-0.4, -0.2) is 32.6 Å². The zero-order valence-corrected chi connectivity index (χ0v) is 29.7. The summed E-state index contributed by atoms with van der Waals surface area (Å²) in [6.07, 6.45) is 6.22. The molecule has 0 saturated carbocycles. The number of rotatable bonds is 5. The molecule has 0 N–H and O–H groups in total. The number of ether oxygens (including phenoxy) is 1. The van der Waals surface area contributed by atoms with Crippen LogP contribution in [0.2, 0.25) is 0 Å². The van der Waals surface area contributed by atoms with Crippen molar-refractivity contribution in [2.45, 2.75) is 52.4 Å². The summed E-state index contributed by atoms with van der Waals surface area (Å²) in [7, 11) is 0. The molecule has 6 heteroatoms. The van der Waals surface area contributed by atoms with E-state index in [1.165, 1.54) is 29.7 Å². The van der Waals surface area contributed by atoms with E-state index in [0.717, 1.165) is 35.4 Å². The minimum atomic E-state index is -0.556. The van der Waals surface area contributed by atoms with E-state index in [2.05, 4.69) is 166 Å². The molecule has 0 fully saturated rings. The number of benzene rings is 4. The molecule has 2 aliphatic rings. The summed E-state index contributed by atoms with van der Waals surface area (Å²) < 4.78 is 9.36. The predicted molar refractivity (Wildman–Crippen MR) is 193 cm³/mol. The van der Waals surface area contributed by atoms with Crippen molar-refractivity contribution in [3.63, 3.8) is 0 Å². The Kier molecular flexibility index (Phi) is 7.83. The SMILES string of the molecule is CC(C)(C)c1cccc(N2C=CN(c3cccc(Oc4ccc5c(c4)N(c4cc(C(C)(C)C)ccn4)c4ccccc4[Te]5)c3)C2)c1. The van der Waals surface area contributed by atoms with E-state index in [9.17, 15) is 0 Å². The maximum absolute atomic E-state index is 6.56. The molecule has 4 aromatic carbocycles. The van der Waals surface area contributed by atoms with E-state index >= 15 is 0 Å². The summed E-state index contributed by atoms with van der Waals surface area (Å²) in [6.45, 7) is 14.3. The molecule has 5 nitrogen and oxygen atoms in total. The predicted octanol–water partition coefficient (Wildman–Crippen LogP) is 8.66. The third-order valence-corrected chi connectivity index (χ3v) is 11.7. The van der Waals surface area contributed by atoms with Gasteiger partial charge in [-0.15, -0.1) is 0 Å². The zero-order chi connectivity index (χ0) is 32.1. The van der Waals surface area contributed by atoms with Crippen molar-refractivity contribution in [2.24, 2.45) is 0 Å². The molecular formula is C40H40N4OTe. The van der Waals surface area contributed by atoms with E-state index in [0.29, 0.717) is 0 Å². The fourth-order valence-electron chi connectivity index (χ4n) is 5.82. The van der Waals surface area contributed by atoms with Gasteiger partial charge in [0.15, 0.2) is 0 Å². The van der Waals surface area contributed by atoms with Crippen LogP contribution in [0.5, 0.6) is 11.5 Å². The molecule has 7 rings (SSSR count). The van der Waals surface area contributed by atoms with E-state index in [1.54, 1.807) is 0 Å². The average molecular weight is 720 g/mol. The molecular weight excluding hydrogens is 680 g/mol. The minimum Gasteiger partial charge on any atom is -0.0346 e. The Bertz CT molecular complexity index is 1940. The molecule has 232 valence electrons. The molecule has 1 aromatic heterocycles. The van der Waals surface area contributed by atoms with E-state index in [4.69, 9.17) is 9.72 Å². The number of nitrogens with zero attached hydrogens (tertiary/aromatic N) is 4. The topological polar surface area (TPSA) is 31.8 Å². The van der Waals surface area contributed by atoms with Crippen molar-refractivity contribution >= 4 is 56.7 Å². The number of aromatic nitrogens is 1. The Labute approximate surface area is 283 Å². The largest absolute Gasteiger partial charge is 0.0346 e. The maximum atomic E-state index is 6.56. The summed E-state index contributed by atoms with van der Waals surface area (Å²) in [4.78, 5) is 11.7. The first kappa shape index (κ1) is 30.4. The van der Waals surface area contributed by atoms with Crippen molar-refractivity contribution in [2.75, 3.05) is 21.4 Å². The van der Waals surface area contributed by atoms with Crippen LogP contribution in [0, 0.1) is 0 Å². The zero-order valence-electron chi connectivity index (χ0n) is 27.4. The van der Waals surface area contributed by atoms with Gasteiger partial charge in [0.1, 0.15) is 0 Å². The fraction of sp³-hybridized carbons (Fsp3) is 0.225. The summed E-state index contributed by atoms with van der Waals surface area (Å²) in [5, 5.41) is 0. The Morgan fingerprint density at radius 2 is 1.26 bits per heavy atom. The van der Waals surface area contributed by atoms with Crippen LogP contribution in [0.3, 0.4) is 0 Å². The summed E-state index contributed by atoms with van der Waals surface area (Å²) in [6, 6.07) is 36.9. The number of pyridine rings is 1. The average Bonchev–Trinajstić information content (AvgIpc) is 3.54. The molecule has 46 heavy (non-hydrogen) atoms. The van der Waals surface area contributed by atoms with Gasteiger partial charge in [-0.25, -0.2) is 0 Å². The summed E-state index contributed by atoms with van der Waals surface area (Å²) >= 11 is -0.556. The molecule has 0 amide bonds. The van der Waals surface area contributed by atoms with Crippen molar-refractivity contribution in [3.8, 4) is 11.5 Å². The Hall–Kier alpha value is -4.24. The van der Waals surface area contributed by atoms with E-state index in [-0.39, 0.29) is 10.8 Å². The smallest absolute Gasteiger partial charge is 0.0346 e. The molecule has 3 heterocycles. The second kappa shape index (κ2) is 11.8. The van der Waals surface area contributed by atoms with Gasteiger partial charge in [-0.2, -0.15) is 0 Å². The monoisotopic (exact) mass is 722 g/mol. The molecule has 0 saturated heterocycles. The van der Waals surface area contributed by atoms with Gasteiger partial charge in [0.05, 0.1) is 0 Å². The Morgan fingerprint density at radius 3 is 2.02 bits per heavy atom. The van der Waals surface area contributed by atoms with Gasteiger partial charge in [0, 0.05) is 0 Å². The van der Waals surface area contributed by atoms with Crippen LogP contribution in [0.25, 0.3) is 0 Å². The van der Waals surface area contributed by atoms with Gasteiger partial charge in [-0.1, -0.05) is 32.9 Å². The first-order chi connectivity index (χ1) is 22.0. The molecule has 2 aliphatic heterocycles. The quantitative estimate of drug-likeness (QED) is 0.167. The van der Waals surface area contributed by atoms with Gasteiger partial charge < -0.3 is 0 Å². The number of para-hydroxylation sites is 1. The summed E-state index contributed by atoms with van der Waals surface area (Å²) in [5.41, 5.74) is 7.39. The first-order valence-electron chi connectivity index (χ1n) is 15.8. The summed E-state index contributed by atoms with van der Waals surface area (Å²) in [5.74, 6) is 2.56. The third kappa shape index (κ3) is 6.12. The van der Waals surface area contributed by atoms with Crippen LogP contribution in [0.15, 0.2) is 122 Å². The molecule has 0 unspecified atom stereocenters. The number of hydrogen-bond donors (Lipinski definition) is 0.